The molecule has 1 aromatic carbocycles. The molecule has 0 radical (unpaired) electrons. The van der Waals surface area contributed by atoms with Crippen LogP contribution < -0.4 is 0 Å². The molecular weight excluding hydrogens is 296 g/mol. The summed E-state index contributed by atoms with van der Waals surface area (Å²) >= 11 is 1.53. The third-order valence-electron chi connectivity index (χ3n) is 3.89. The monoisotopic (exact) mass is 316 g/mol. The Morgan fingerprint density at radius 3 is 2.82 bits per heavy atom. The second-order valence-corrected chi connectivity index (χ2v) is 6.50. The van der Waals surface area contributed by atoms with Crippen LogP contribution in [-0.4, -0.2) is 47.8 Å². The van der Waals surface area contributed by atoms with E-state index in [0.29, 0.717) is 32.1 Å². The molecule has 4 nitrogen and oxygen atoms in total. The predicted octanol–water partition coefficient (Wildman–Crippen LogP) is 2.80. The van der Waals surface area contributed by atoms with E-state index in [0.717, 1.165) is 21.5 Å². The van der Waals surface area contributed by atoms with Crippen LogP contribution in [0.2, 0.25) is 0 Å². The number of fused-ring (bicyclic) bond motifs is 1. The van der Waals surface area contributed by atoms with Crippen LogP contribution in [0.5, 0.6) is 0 Å². The molecule has 1 saturated heterocycles. The number of carbonyl (C=O) groups is 1. The maximum absolute atomic E-state index is 12.2. The summed E-state index contributed by atoms with van der Waals surface area (Å²) in [5.41, 5.74) is 3.31. The lowest BCUT2D eigenvalue weighted by Gasteiger charge is -2.26. The van der Waals surface area contributed by atoms with E-state index < -0.39 is 0 Å². The number of benzene rings is 1. The highest BCUT2D eigenvalue weighted by Crippen LogP contribution is 2.26. The molecule has 2 heterocycles. The molecule has 0 N–H and O–H groups in total. The third kappa shape index (κ3) is 3.25. The van der Waals surface area contributed by atoms with Gasteiger partial charge in [-0.25, -0.2) is 4.98 Å². The standard InChI is InChI=1S/C17H20N2O2S/c1-12-4-3-5-14-10-13(2)17(18-16(12)14)22-11-15(20)19-6-8-21-9-7-19/h3-5,10H,6-9,11H2,1-2H3. The smallest absolute Gasteiger partial charge is 0.233 e. The maximum Gasteiger partial charge on any atom is 0.233 e. The van der Waals surface area contributed by atoms with Crippen LogP contribution in [0.15, 0.2) is 29.3 Å². The minimum absolute atomic E-state index is 0.166. The zero-order valence-corrected chi connectivity index (χ0v) is 13.8. The number of hydrogen-bond donors (Lipinski definition) is 0. The SMILES string of the molecule is Cc1cc2cccc(C)c2nc1SCC(=O)N1CCOCC1. The first kappa shape index (κ1) is 15.3. The first-order valence-electron chi connectivity index (χ1n) is 7.50. The molecule has 0 atom stereocenters. The molecule has 116 valence electrons. The van der Waals surface area contributed by atoms with Gasteiger partial charge in [0, 0.05) is 18.5 Å². The van der Waals surface area contributed by atoms with Crippen LogP contribution in [0.3, 0.4) is 0 Å². The number of para-hydroxylation sites is 1. The minimum atomic E-state index is 0.166. The molecule has 0 aliphatic carbocycles. The Balaban J connectivity index is 1.74. The lowest BCUT2D eigenvalue weighted by Crippen LogP contribution is -2.41. The van der Waals surface area contributed by atoms with Crippen molar-refractivity contribution in [3.05, 3.63) is 35.4 Å². The summed E-state index contributed by atoms with van der Waals surface area (Å²) in [6.45, 7) is 6.80. The number of morpholine rings is 1. The van der Waals surface area contributed by atoms with Crippen LogP contribution >= 0.6 is 11.8 Å². The third-order valence-corrected chi connectivity index (χ3v) is 4.97. The van der Waals surface area contributed by atoms with Crippen LogP contribution in [0, 0.1) is 13.8 Å². The fraction of sp³-hybridized carbons (Fsp3) is 0.412. The van der Waals surface area contributed by atoms with Gasteiger partial charge in [0.15, 0.2) is 0 Å². The molecule has 0 unspecified atom stereocenters. The van der Waals surface area contributed by atoms with Crippen molar-refractivity contribution in [3.63, 3.8) is 0 Å². The molecule has 1 aliphatic heterocycles. The van der Waals surface area contributed by atoms with E-state index in [-0.39, 0.29) is 5.91 Å². The molecule has 1 aromatic heterocycles. The molecule has 1 aliphatic rings. The molecule has 0 saturated carbocycles. The molecule has 3 rings (SSSR count). The number of nitrogens with zero attached hydrogens (tertiary/aromatic N) is 2. The van der Waals surface area contributed by atoms with Gasteiger partial charge in [0.1, 0.15) is 5.03 Å². The lowest BCUT2D eigenvalue weighted by atomic mass is 10.1. The number of thioether (sulfide) groups is 1. The number of hydrogen-bond acceptors (Lipinski definition) is 4. The Morgan fingerprint density at radius 2 is 2.05 bits per heavy atom. The average molecular weight is 316 g/mol. The van der Waals surface area contributed by atoms with E-state index >= 15 is 0 Å². The van der Waals surface area contributed by atoms with Crippen LogP contribution in [-0.2, 0) is 9.53 Å². The molecule has 5 heteroatoms. The first-order valence-corrected chi connectivity index (χ1v) is 8.49. The largest absolute Gasteiger partial charge is 0.378 e. The predicted molar refractivity (Wildman–Crippen MR) is 89.3 cm³/mol. The van der Waals surface area contributed by atoms with E-state index in [9.17, 15) is 4.79 Å². The summed E-state index contributed by atoms with van der Waals surface area (Å²) in [7, 11) is 0. The van der Waals surface area contributed by atoms with Gasteiger partial charge in [-0.05, 0) is 31.0 Å². The second-order valence-electron chi connectivity index (χ2n) is 5.54. The van der Waals surface area contributed by atoms with Crippen molar-refractivity contribution >= 4 is 28.6 Å². The van der Waals surface area contributed by atoms with E-state index in [2.05, 4.69) is 32.0 Å². The Hall–Kier alpha value is -1.59. The highest BCUT2D eigenvalue weighted by molar-refractivity contribution is 7.99. The van der Waals surface area contributed by atoms with Gasteiger partial charge in [0.2, 0.25) is 5.91 Å². The summed E-state index contributed by atoms with van der Waals surface area (Å²) < 4.78 is 5.28. The summed E-state index contributed by atoms with van der Waals surface area (Å²) in [5, 5.41) is 2.10. The van der Waals surface area contributed by atoms with Gasteiger partial charge in [-0.2, -0.15) is 0 Å². The summed E-state index contributed by atoms with van der Waals surface area (Å²) in [5.74, 6) is 0.602. The highest BCUT2D eigenvalue weighted by Gasteiger charge is 2.17. The Kier molecular flexibility index (Phi) is 4.64. The van der Waals surface area contributed by atoms with Gasteiger partial charge in [-0.1, -0.05) is 30.0 Å². The minimum Gasteiger partial charge on any atom is -0.378 e. The second kappa shape index (κ2) is 6.67. The first-order chi connectivity index (χ1) is 10.6. The Morgan fingerprint density at radius 1 is 1.27 bits per heavy atom. The number of aryl methyl sites for hydroxylation is 2. The Bertz CT molecular complexity index is 696. The van der Waals surface area contributed by atoms with E-state index in [1.807, 2.05) is 11.0 Å². The number of carbonyl (C=O) groups excluding carboxylic acids is 1. The Labute approximate surface area is 134 Å². The topological polar surface area (TPSA) is 42.4 Å². The van der Waals surface area contributed by atoms with Gasteiger partial charge in [-0.15, -0.1) is 0 Å². The van der Waals surface area contributed by atoms with E-state index in [1.54, 1.807) is 0 Å². The van der Waals surface area contributed by atoms with Crippen molar-refractivity contribution in [2.24, 2.45) is 0 Å². The fourth-order valence-electron chi connectivity index (χ4n) is 2.62. The molecule has 0 bridgehead atoms. The van der Waals surface area contributed by atoms with Crippen LogP contribution in [0.25, 0.3) is 10.9 Å². The van der Waals surface area contributed by atoms with E-state index in [4.69, 9.17) is 9.72 Å². The number of aromatic nitrogens is 1. The van der Waals surface area contributed by atoms with Crippen molar-refractivity contribution in [2.45, 2.75) is 18.9 Å². The fourth-order valence-corrected chi connectivity index (χ4v) is 3.50. The van der Waals surface area contributed by atoms with Crippen molar-refractivity contribution in [1.29, 1.82) is 0 Å². The summed E-state index contributed by atoms with van der Waals surface area (Å²) in [6, 6.07) is 8.35. The van der Waals surface area contributed by atoms with Crippen molar-refractivity contribution in [3.8, 4) is 0 Å². The van der Waals surface area contributed by atoms with Gasteiger partial charge >= 0.3 is 0 Å². The summed E-state index contributed by atoms with van der Waals surface area (Å²) in [4.78, 5) is 18.9. The molecule has 0 spiro atoms. The average Bonchev–Trinajstić information content (AvgIpc) is 2.54. The highest BCUT2D eigenvalue weighted by atomic mass is 32.2. The maximum atomic E-state index is 12.2. The van der Waals surface area contributed by atoms with Gasteiger partial charge in [-0.3, -0.25) is 4.79 Å². The van der Waals surface area contributed by atoms with Gasteiger partial charge in [0.25, 0.3) is 0 Å². The van der Waals surface area contributed by atoms with Crippen molar-refractivity contribution in [1.82, 2.24) is 9.88 Å². The molecule has 1 amide bonds. The zero-order chi connectivity index (χ0) is 15.5. The normalized spacial score (nSPS) is 15.3. The molecule has 2 aromatic rings. The summed E-state index contributed by atoms with van der Waals surface area (Å²) in [6.07, 6.45) is 0. The van der Waals surface area contributed by atoms with Crippen molar-refractivity contribution < 1.29 is 9.53 Å². The molecule has 1 fully saturated rings. The number of rotatable bonds is 3. The quantitative estimate of drug-likeness (QED) is 0.817. The number of pyridine rings is 1. The van der Waals surface area contributed by atoms with Crippen LogP contribution in [0.4, 0.5) is 0 Å². The number of amides is 1. The van der Waals surface area contributed by atoms with Gasteiger partial charge in [0.05, 0.1) is 24.5 Å². The zero-order valence-electron chi connectivity index (χ0n) is 13.0. The van der Waals surface area contributed by atoms with Crippen molar-refractivity contribution in [2.75, 3.05) is 32.1 Å². The van der Waals surface area contributed by atoms with Crippen LogP contribution in [0.1, 0.15) is 11.1 Å². The lowest BCUT2D eigenvalue weighted by molar-refractivity contribution is -0.132. The van der Waals surface area contributed by atoms with Gasteiger partial charge < -0.3 is 9.64 Å². The molecular formula is C17H20N2O2S. The molecule has 22 heavy (non-hydrogen) atoms. The number of ether oxygens (including phenoxy) is 1. The van der Waals surface area contributed by atoms with E-state index in [1.165, 1.54) is 17.3 Å².